The average molecular weight is 347 g/mol. The molecule has 1 saturated heterocycles. The zero-order valence-corrected chi connectivity index (χ0v) is 14.7. The molecule has 3 heterocycles. The van der Waals surface area contributed by atoms with Gasteiger partial charge in [0, 0.05) is 24.1 Å². The summed E-state index contributed by atoms with van der Waals surface area (Å²) in [6.07, 6.45) is 4.23. The van der Waals surface area contributed by atoms with E-state index in [0.29, 0.717) is 17.4 Å². The number of ether oxygens (including phenoxy) is 1. The maximum Gasteiger partial charge on any atom is 0.232 e. The van der Waals surface area contributed by atoms with Gasteiger partial charge in [-0.2, -0.15) is 5.26 Å². The predicted octanol–water partition coefficient (Wildman–Crippen LogP) is 3.03. The van der Waals surface area contributed by atoms with Crippen LogP contribution in [0, 0.1) is 17.2 Å². The van der Waals surface area contributed by atoms with Crippen LogP contribution in [0.15, 0.2) is 42.6 Å². The van der Waals surface area contributed by atoms with E-state index >= 15 is 0 Å². The van der Waals surface area contributed by atoms with E-state index in [1.165, 1.54) is 12.8 Å². The Morgan fingerprint density at radius 1 is 1.35 bits per heavy atom. The molecule has 1 N–H and O–H groups in total. The van der Waals surface area contributed by atoms with Gasteiger partial charge in [0.15, 0.2) is 5.65 Å². The molecule has 6 heteroatoms. The van der Waals surface area contributed by atoms with E-state index in [1.807, 2.05) is 30.3 Å². The Morgan fingerprint density at radius 3 is 3.08 bits per heavy atom. The number of aromatic nitrogens is 3. The van der Waals surface area contributed by atoms with Crippen LogP contribution >= 0.6 is 0 Å². The van der Waals surface area contributed by atoms with Crippen molar-refractivity contribution >= 4 is 5.65 Å². The number of imidazole rings is 1. The normalized spacial score (nSPS) is 18.4. The highest BCUT2D eigenvalue weighted by Crippen LogP contribution is 2.24. The Kier molecular flexibility index (Phi) is 4.55. The van der Waals surface area contributed by atoms with Crippen LogP contribution in [0.3, 0.4) is 0 Å². The molecule has 132 valence electrons. The minimum Gasteiger partial charge on any atom is -0.473 e. The molecule has 0 amide bonds. The van der Waals surface area contributed by atoms with Gasteiger partial charge in [0.2, 0.25) is 5.88 Å². The molecule has 0 radical (unpaired) electrons. The maximum atomic E-state index is 9.13. The van der Waals surface area contributed by atoms with Gasteiger partial charge in [-0.3, -0.25) is 0 Å². The topological polar surface area (TPSA) is 75.2 Å². The van der Waals surface area contributed by atoms with E-state index in [4.69, 9.17) is 10.00 Å². The average Bonchev–Trinajstić information content (AvgIpc) is 3.12. The fourth-order valence-corrected chi connectivity index (χ4v) is 3.43. The van der Waals surface area contributed by atoms with Crippen LogP contribution in [-0.2, 0) is 0 Å². The highest BCUT2D eigenvalue weighted by Gasteiger charge is 2.22. The molecule has 0 saturated carbocycles. The summed E-state index contributed by atoms with van der Waals surface area (Å²) in [6.45, 7) is 4.18. The predicted molar refractivity (Wildman–Crippen MR) is 98.8 cm³/mol. The first-order chi connectivity index (χ1) is 12.7. The van der Waals surface area contributed by atoms with Crippen molar-refractivity contribution in [1.29, 1.82) is 5.26 Å². The summed E-state index contributed by atoms with van der Waals surface area (Å²) in [5.41, 5.74) is 3.12. The number of fused-ring (bicyclic) bond motifs is 1. The zero-order valence-electron chi connectivity index (χ0n) is 14.7. The van der Waals surface area contributed by atoms with Gasteiger partial charge < -0.3 is 10.1 Å². The van der Waals surface area contributed by atoms with Crippen LogP contribution in [0.2, 0.25) is 0 Å². The van der Waals surface area contributed by atoms with Gasteiger partial charge in [0.25, 0.3) is 0 Å². The molecule has 6 nitrogen and oxygen atoms in total. The highest BCUT2D eigenvalue weighted by atomic mass is 16.5. The summed E-state index contributed by atoms with van der Waals surface area (Å²) in [5.74, 6) is 1.09. The first-order valence-electron chi connectivity index (χ1n) is 8.97. The van der Waals surface area contributed by atoms with E-state index in [9.17, 15) is 0 Å². The van der Waals surface area contributed by atoms with Crippen molar-refractivity contribution in [1.82, 2.24) is 19.9 Å². The Labute approximate surface area is 152 Å². The van der Waals surface area contributed by atoms with Crippen LogP contribution in [0.4, 0.5) is 0 Å². The van der Waals surface area contributed by atoms with Gasteiger partial charge >= 0.3 is 0 Å². The molecule has 2 aromatic heterocycles. The van der Waals surface area contributed by atoms with Crippen LogP contribution in [0.1, 0.15) is 25.3 Å². The number of benzene rings is 1. The molecule has 2 unspecified atom stereocenters. The Hall–Kier alpha value is -2.91. The van der Waals surface area contributed by atoms with Gasteiger partial charge in [0.1, 0.15) is 6.10 Å². The van der Waals surface area contributed by atoms with Crippen molar-refractivity contribution in [3.8, 4) is 23.2 Å². The lowest BCUT2D eigenvalue weighted by atomic mass is 9.95. The molecule has 3 aromatic rings. The molecule has 4 rings (SSSR count). The van der Waals surface area contributed by atoms with Crippen LogP contribution in [0.25, 0.3) is 16.9 Å². The van der Waals surface area contributed by atoms with E-state index in [1.54, 1.807) is 16.8 Å². The number of nitriles is 1. The van der Waals surface area contributed by atoms with Gasteiger partial charge in [-0.25, -0.2) is 9.50 Å². The largest absolute Gasteiger partial charge is 0.473 e. The first kappa shape index (κ1) is 16.6. The van der Waals surface area contributed by atoms with Crippen LogP contribution in [0.5, 0.6) is 5.88 Å². The van der Waals surface area contributed by atoms with Crippen molar-refractivity contribution in [3.63, 3.8) is 0 Å². The van der Waals surface area contributed by atoms with Gasteiger partial charge in [0.05, 0.1) is 23.5 Å². The fraction of sp³-hybridized carbons (Fsp3) is 0.350. The minimum atomic E-state index is 0.0987. The maximum absolute atomic E-state index is 9.13. The summed E-state index contributed by atoms with van der Waals surface area (Å²) in [4.78, 5) is 4.41. The Morgan fingerprint density at radius 2 is 2.27 bits per heavy atom. The molecule has 26 heavy (non-hydrogen) atoms. The molecule has 0 bridgehead atoms. The smallest absolute Gasteiger partial charge is 0.232 e. The minimum absolute atomic E-state index is 0.0987. The molecule has 1 fully saturated rings. The van der Waals surface area contributed by atoms with Gasteiger partial charge in [-0.15, -0.1) is 5.10 Å². The van der Waals surface area contributed by atoms with E-state index < -0.39 is 0 Å². The summed E-state index contributed by atoms with van der Waals surface area (Å²) in [7, 11) is 0. The van der Waals surface area contributed by atoms with Crippen molar-refractivity contribution < 1.29 is 4.74 Å². The number of hydrogen-bond donors (Lipinski definition) is 1. The summed E-state index contributed by atoms with van der Waals surface area (Å²) < 4.78 is 7.89. The lowest BCUT2D eigenvalue weighted by molar-refractivity contribution is 0.124. The second-order valence-electron chi connectivity index (χ2n) is 6.71. The quantitative estimate of drug-likeness (QED) is 0.785. The van der Waals surface area contributed by atoms with Crippen LogP contribution < -0.4 is 10.1 Å². The zero-order chi connectivity index (χ0) is 17.9. The van der Waals surface area contributed by atoms with Crippen molar-refractivity contribution in [2.24, 2.45) is 5.92 Å². The van der Waals surface area contributed by atoms with Gasteiger partial charge in [-0.05, 0) is 44.5 Å². The number of hydrogen-bond acceptors (Lipinski definition) is 5. The molecule has 0 aliphatic carbocycles. The monoisotopic (exact) mass is 347 g/mol. The number of nitrogens with one attached hydrogen (secondary N) is 1. The summed E-state index contributed by atoms with van der Waals surface area (Å²) >= 11 is 0. The molecule has 1 aliphatic rings. The Balaban J connectivity index is 1.63. The summed E-state index contributed by atoms with van der Waals surface area (Å²) in [5, 5.41) is 17.2. The number of nitrogens with zero attached hydrogens (tertiary/aromatic N) is 4. The van der Waals surface area contributed by atoms with E-state index in [-0.39, 0.29) is 6.10 Å². The first-order valence-corrected chi connectivity index (χ1v) is 8.97. The number of piperidine rings is 1. The summed E-state index contributed by atoms with van der Waals surface area (Å²) in [6, 6.07) is 13.4. The lowest BCUT2D eigenvalue weighted by Gasteiger charge is -2.28. The van der Waals surface area contributed by atoms with E-state index in [0.717, 1.165) is 30.0 Å². The highest BCUT2D eigenvalue weighted by molar-refractivity contribution is 5.64. The van der Waals surface area contributed by atoms with Crippen molar-refractivity contribution in [2.75, 3.05) is 13.1 Å². The van der Waals surface area contributed by atoms with Crippen molar-refractivity contribution in [2.45, 2.75) is 25.9 Å². The molecule has 1 aromatic carbocycles. The van der Waals surface area contributed by atoms with Crippen LogP contribution in [-0.4, -0.2) is 33.8 Å². The second kappa shape index (κ2) is 7.14. The molecular formula is C20H21N5O. The fourth-order valence-electron chi connectivity index (χ4n) is 3.43. The lowest BCUT2D eigenvalue weighted by Crippen LogP contribution is -2.38. The third-order valence-corrected chi connectivity index (χ3v) is 4.93. The molecule has 2 atom stereocenters. The molecule has 0 spiro atoms. The van der Waals surface area contributed by atoms with Crippen molar-refractivity contribution in [3.05, 3.63) is 48.2 Å². The van der Waals surface area contributed by atoms with Gasteiger partial charge in [-0.1, -0.05) is 12.1 Å². The SMILES string of the molecule is CC(Oc1ccc2ncc(-c3cccc(C#N)c3)n2n1)C1CCCNC1. The second-order valence-corrected chi connectivity index (χ2v) is 6.71. The molecular weight excluding hydrogens is 326 g/mol. The third-order valence-electron chi connectivity index (χ3n) is 4.93. The third kappa shape index (κ3) is 3.26. The number of rotatable bonds is 4. The standard InChI is InChI=1S/C20H21N5O/c1-14(17-6-3-9-22-12-17)26-20-8-7-19-23-13-18(25(19)24-20)16-5-2-4-15(10-16)11-21/h2,4-5,7-8,10,13-14,17,22H,3,6,9,12H2,1H3. The van der Waals surface area contributed by atoms with E-state index in [2.05, 4.69) is 28.4 Å². The molecule has 1 aliphatic heterocycles. The Bertz CT molecular complexity index is 952.